The zero-order chi connectivity index (χ0) is 25.0. The second-order valence-corrected chi connectivity index (χ2v) is 8.36. The number of hydrogen-bond acceptors (Lipinski definition) is 4. The molecular formula is C24H25F6NO3. The van der Waals surface area contributed by atoms with Gasteiger partial charge in [0.25, 0.3) is 0 Å². The predicted molar refractivity (Wildman–Crippen MR) is 112 cm³/mol. The van der Waals surface area contributed by atoms with E-state index in [0.717, 1.165) is 5.56 Å². The fraction of sp³-hybridized carbons (Fsp3) is 0.458. The number of hydrogen-bond donors (Lipinski definition) is 1. The van der Waals surface area contributed by atoms with Crippen LogP contribution in [0, 0.1) is 0 Å². The minimum Gasteiger partial charge on any atom is -0.458 e. The largest absolute Gasteiger partial charge is 0.458 e. The van der Waals surface area contributed by atoms with Gasteiger partial charge in [0, 0.05) is 13.0 Å². The Morgan fingerprint density at radius 3 is 2.18 bits per heavy atom. The van der Waals surface area contributed by atoms with Crippen LogP contribution in [0.3, 0.4) is 0 Å². The molecule has 0 amide bonds. The molecule has 0 aromatic heterocycles. The van der Waals surface area contributed by atoms with Crippen LogP contribution in [0.2, 0.25) is 0 Å². The zero-order valence-corrected chi connectivity index (χ0v) is 18.4. The van der Waals surface area contributed by atoms with Crippen molar-refractivity contribution in [3.8, 4) is 0 Å². The predicted octanol–water partition coefficient (Wildman–Crippen LogP) is 6.06. The summed E-state index contributed by atoms with van der Waals surface area (Å²) in [4.78, 5) is 11.8. The van der Waals surface area contributed by atoms with Crippen LogP contribution in [0.4, 0.5) is 26.3 Å². The van der Waals surface area contributed by atoms with Gasteiger partial charge in [0.15, 0.2) is 0 Å². The monoisotopic (exact) mass is 489 g/mol. The molecule has 0 aliphatic carbocycles. The van der Waals surface area contributed by atoms with Crippen LogP contribution < -0.4 is 5.32 Å². The van der Waals surface area contributed by atoms with Gasteiger partial charge in [-0.3, -0.25) is 10.1 Å². The molecule has 2 aromatic rings. The fourth-order valence-corrected chi connectivity index (χ4v) is 3.85. The second-order valence-electron chi connectivity index (χ2n) is 8.36. The number of ether oxygens (including phenoxy) is 2. The van der Waals surface area contributed by atoms with E-state index in [1.165, 1.54) is 6.92 Å². The van der Waals surface area contributed by atoms with Gasteiger partial charge in [-0.15, -0.1) is 0 Å². The van der Waals surface area contributed by atoms with Crippen molar-refractivity contribution in [2.45, 2.75) is 56.7 Å². The van der Waals surface area contributed by atoms with E-state index in [1.807, 2.05) is 30.3 Å². The summed E-state index contributed by atoms with van der Waals surface area (Å²) in [5.41, 5.74) is -2.69. The molecule has 1 saturated heterocycles. The van der Waals surface area contributed by atoms with E-state index in [4.69, 9.17) is 9.47 Å². The summed E-state index contributed by atoms with van der Waals surface area (Å²) in [6, 6.07) is 11.0. The number of cyclic esters (lactones) is 1. The molecule has 34 heavy (non-hydrogen) atoms. The quantitative estimate of drug-likeness (QED) is 0.201. The Labute approximate surface area is 193 Å². The van der Waals surface area contributed by atoms with Crippen molar-refractivity contribution in [1.82, 2.24) is 5.32 Å². The maximum Gasteiger partial charge on any atom is 0.416 e. The van der Waals surface area contributed by atoms with Crippen molar-refractivity contribution < 1.29 is 40.6 Å². The van der Waals surface area contributed by atoms with E-state index >= 15 is 0 Å². The smallest absolute Gasteiger partial charge is 0.416 e. The second kappa shape index (κ2) is 10.4. The maximum atomic E-state index is 13.1. The van der Waals surface area contributed by atoms with E-state index in [9.17, 15) is 31.1 Å². The first-order chi connectivity index (χ1) is 15.9. The molecular weight excluding hydrogens is 464 g/mol. The fourth-order valence-electron chi connectivity index (χ4n) is 3.85. The molecule has 0 radical (unpaired) electrons. The number of carbonyl (C=O) groups is 1. The number of benzene rings is 2. The minimum absolute atomic E-state index is 0.0827. The Hall–Kier alpha value is -2.59. The Balaban J connectivity index is 1.61. The molecule has 0 saturated carbocycles. The lowest BCUT2D eigenvalue weighted by molar-refractivity contribution is -0.149. The van der Waals surface area contributed by atoms with Crippen molar-refractivity contribution >= 4 is 5.97 Å². The summed E-state index contributed by atoms with van der Waals surface area (Å²) in [5.74, 6) is -0.312. The highest BCUT2D eigenvalue weighted by molar-refractivity contribution is 5.72. The molecule has 0 spiro atoms. The summed E-state index contributed by atoms with van der Waals surface area (Å²) >= 11 is 0. The Kier molecular flexibility index (Phi) is 7.92. The van der Waals surface area contributed by atoms with Crippen LogP contribution in [0.5, 0.6) is 0 Å². The number of rotatable bonds is 9. The number of carbonyl (C=O) groups excluding carboxylic acids is 1. The van der Waals surface area contributed by atoms with E-state index < -0.39 is 35.2 Å². The normalized spacial score (nSPS) is 19.8. The molecule has 4 nitrogen and oxygen atoms in total. The van der Waals surface area contributed by atoms with Crippen LogP contribution in [-0.4, -0.2) is 24.8 Å². The van der Waals surface area contributed by atoms with Crippen molar-refractivity contribution in [1.29, 1.82) is 0 Å². The summed E-state index contributed by atoms with van der Waals surface area (Å²) in [7, 11) is 0. The van der Waals surface area contributed by atoms with Crippen LogP contribution in [0.15, 0.2) is 48.5 Å². The third kappa shape index (κ3) is 6.96. The molecule has 0 bridgehead atoms. The average Bonchev–Trinajstić information content (AvgIpc) is 3.15. The first kappa shape index (κ1) is 26.0. The minimum atomic E-state index is -4.93. The number of alkyl halides is 6. The molecule has 1 fully saturated rings. The first-order valence-electron chi connectivity index (χ1n) is 10.8. The Bertz CT molecular complexity index is 945. The molecule has 2 aromatic carbocycles. The summed E-state index contributed by atoms with van der Waals surface area (Å²) in [5, 5.41) is 2.97. The molecule has 1 aliphatic rings. The van der Waals surface area contributed by atoms with Gasteiger partial charge >= 0.3 is 18.3 Å². The van der Waals surface area contributed by atoms with Crippen molar-refractivity contribution in [3.63, 3.8) is 0 Å². The highest BCUT2D eigenvalue weighted by Crippen LogP contribution is 2.38. The number of nitrogens with one attached hydrogen (secondary N) is 1. The third-order valence-corrected chi connectivity index (χ3v) is 5.79. The standard InChI is InChI=1S/C24H25F6NO3/c1-16(18-11-19(23(25,26)27)13-20(12-18)24(28,29)30)33-15-31-14-22(10-8-21(32)34-22)9-7-17-5-3-2-4-6-17/h2-6,11-13,16,31H,7-10,14-15H2,1H3/t16-,22?/m1/s1. The maximum absolute atomic E-state index is 13.1. The summed E-state index contributed by atoms with van der Waals surface area (Å²) in [6.45, 7) is 1.47. The third-order valence-electron chi connectivity index (χ3n) is 5.79. The molecule has 2 atom stereocenters. The molecule has 1 heterocycles. The SMILES string of the molecule is C[C@@H](OCNCC1(CCc2ccccc2)CCC(=O)O1)c1cc(C(F)(F)F)cc(C(F)(F)F)c1. The zero-order valence-electron chi connectivity index (χ0n) is 18.4. The van der Waals surface area contributed by atoms with Gasteiger partial charge in [0.05, 0.1) is 24.0 Å². The molecule has 1 N–H and O–H groups in total. The van der Waals surface area contributed by atoms with Gasteiger partial charge in [-0.05, 0) is 55.5 Å². The molecule has 1 aliphatic heterocycles. The summed E-state index contributed by atoms with van der Waals surface area (Å²) in [6.07, 6.45) is -8.87. The van der Waals surface area contributed by atoms with Gasteiger partial charge in [0.1, 0.15) is 5.60 Å². The van der Waals surface area contributed by atoms with E-state index in [2.05, 4.69) is 5.32 Å². The van der Waals surface area contributed by atoms with E-state index in [0.29, 0.717) is 31.4 Å². The topological polar surface area (TPSA) is 47.6 Å². The number of esters is 1. The number of aryl methyl sites for hydroxylation is 1. The first-order valence-corrected chi connectivity index (χ1v) is 10.8. The van der Waals surface area contributed by atoms with E-state index in [1.54, 1.807) is 0 Å². The van der Waals surface area contributed by atoms with Crippen molar-refractivity contribution in [2.24, 2.45) is 0 Å². The summed E-state index contributed by atoms with van der Waals surface area (Å²) < 4.78 is 89.5. The van der Waals surface area contributed by atoms with Gasteiger partial charge in [0.2, 0.25) is 0 Å². The Morgan fingerprint density at radius 2 is 1.65 bits per heavy atom. The van der Waals surface area contributed by atoms with Crippen LogP contribution in [0.1, 0.15) is 54.5 Å². The Morgan fingerprint density at radius 1 is 1.03 bits per heavy atom. The molecule has 3 rings (SSSR count). The van der Waals surface area contributed by atoms with Crippen LogP contribution in [-0.2, 0) is 33.0 Å². The van der Waals surface area contributed by atoms with Crippen molar-refractivity contribution in [2.75, 3.05) is 13.3 Å². The lowest BCUT2D eigenvalue weighted by atomic mass is 9.92. The highest BCUT2D eigenvalue weighted by Gasteiger charge is 2.40. The average molecular weight is 489 g/mol. The lowest BCUT2D eigenvalue weighted by Crippen LogP contribution is -2.41. The molecule has 10 heteroatoms. The molecule has 186 valence electrons. The van der Waals surface area contributed by atoms with Gasteiger partial charge in [-0.2, -0.15) is 26.3 Å². The van der Waals surface area contributed by atoms with Gasteiger partial charge in [-0.25, -0.2) is 0 Å². The van der Waals surface area contributed by atoms with Crippen LogP contribution in [0.25, 0.3) is 0 Å². The number of halogens is 6. The van der Waals surface area contributed by atoms with Crippen molar-refractivity contribution in [3.05, 3.63) is 70.8 Å². The van der Waals surface area contributed by atoms with Gasteiger partial charge in [-0.1, -0.05) is 30.3 Å². The molecule has 1 unspecified atom stereocenters. The highest BCUT2D eigenvalue weighted by atomic mass is 19.4. The van der Waals surface area contributed by atoms with Gasteiger partial charge < -0.3 is 9.47 Å². The van der Waals surface area contributed by atoms with E-state index in [-0.39, 0.29) is 37.3 Å². The van der Waals surface area contributed by atoms with Crippen LogP contribution >= 0.6 is 0 Å². The lowest BCUT2D eigenvalue weighted by Gasteiger charge is -2.28.